The number of ether oxygens (including phenoxy) is 1. The van der Waals surface area contributed by atoms with E-state index < -0.39 is 0 Å². The molecular weight excluding hydrogens is 288 g/mol. The van der Waals surface area contributed by atoms with Gasteiger partial charge in [-0.15, -0.1) is 0 Å². The molecule has 138 valence electrons. The molecule has 2 unspecified atom stereocenters. The molecule has 0 aliphatic heterocycles. The smallest absolute Gasteiger partial charge is 0.126 e. The fourth-order valence-electron chi connectivity index (χ4n) is 2.91. The first-order valence-electron chi connectivity index (χ1n) is 9.48. The average molecular weight is 329 g/mol. The zero-order valence-corrected chi connectivity index (χ0v) is 16.0. The lowest BCUT2D eigenvalue weighted by molar-refractivity contribution is -0.113. The van der Waals surface area contributed by atoms with E-state index in [0.717, 1.165) is 32.2 Å². The molecule has 0 aromatic rings. The van der Waals surface area contributed by atoms with Gasteiger partial charge in [-0.1, -0.05) is 51.9 Å². The molecule has 0 saturated heterocycles. The molecule has 2 atom stereocenters. The number of nitrogens with one attached hydrogen (secondary N) is 1. The van der Waals surface area contributed by atoms with E-state index in [0.29, 0.717) is 6.61 Å². The molecule has 0 spiro atoms. The third-order valence-corrected chi connectivity index (χ3v) is 4.36. The highest BCUT2D eigenvalue weighted by Crippen LogP contribution is 2.14. The predicted octanol–water partition coefficient (Wildman–Crippen LogP) is 3.50. The van der Waals surface area contributed by atoms with E-state index >= 15 is 0 Å². The highest BCUT2D eigenvalue weighted by Gasteiger charge is 2.20. The minimum Gasteiger partial charge on any atom is -0.384 e. The topological polar surface area (TPSA) is 41.6 Å². The molecule has 0 saturated carbocycles. The second-order valence-electron chi connectivity index (χ2n) is 6.88. The van der Waals surface area contributed by atoms with Crippen LogP contribution < -0.4 is 5.32 Å². The first-order valence-corrected chi connectivity index (χ1v) is 9.48. The fraction of sp³-hybridized carbons (Fsp3) is 0.947. The Morgan fingerprint density at radius 1 is 1.04 bits per heavy atom. The summed E-state index contributed by atoms with van der Waals surface area (Å²) in [5, 5.41) is 3.58. The Morgan fingerprint density at radius 3 is 2.26 bits per heavy atom. The second-order valence-corrected chi connectivity index (χ2v) is 6.88. The van der Waals surface area contributed by atoms with Gasteiger partial charge in [0.05, 0.1) is 12.5 Å². The van der Waals surface area contributed by atoms with Crippen LogP contribution in [0.25, 0.3) is 0 Å². The van der Waals surface area contributed by atoms with Crippen molar-refractivity contribution in [2.24, 2.45) is 5.92 Å². The third-order valence-electron chi connectivity index (χ3n) is 4.36. The first-order chi connectivity index (χ1) is 11.2. The summed E-state index contributed by atoms with van der Waals surface area (Å²) >= 11 is 0. The average Bonchev–Trinajstić information content (AvgIpc) is 2.53. The maximum atomic E-state index is 11.4. The van der Waals surface area contributed by atoms with Gasteiger partial charge < -0.3 is 19.7 Å². The molecular formula is C19H40N2O2. The number of hydrogen-bond acceptors (Lipinski definition) is 4. The van der Waals surface area contributed by atoms with Crippen molar-refractivity contribution in [3.63, 3.8) is 0 Å². The van der Waals surface area contributed by atoms with Crippen molar-refractivity contribution in [3.8, 4) is 0 Å². The van der Waals surface area contributed by atoms with Gasteiger partial charge in [0, 0.05) is 13.2 Å². The first kappa shape index (κ1) is 22.6. The molecule has 1 N–H and O–H groups in total. The Kier molecular flexibility index (Phi) is 16.1. The lowest BCUT2D eigenvalue weighted by Gasteiger charge is -2.24. The van der Waals surface area contributed by atoms with Gasteiger partial charge in [-0.05, 0) is 40.0 Å². The van der Waals surface area contributed by atoms with Crippen LogP contribution in [0.4, 0.5) is 0 Å². The minimum absolute atomic E-state index is 0.0283. The van der Waals surface area contributed by atoms with Crippen LogP contribution in [0, 0.1) is 5.92 Å². The largest absolute Gasteiger partial charge is 0.384 e. The summed E-state index contributed by atoms with van der Waals surface area (Å²) < 4.78 is 5.21. The summed E-state index contributed by atoms with van der Waals surface area (Å²) in [4.78, 5) is 13.6. The van der Waals surface area contributed by atoms with E-state index in [-0.39, 0.29) is 12.0 Å². The quantitative estimate of drug-likeness (QED) is 0.328. The molecule has 0 aliphatic rings. The van der Waals surface area contributed by atoms with Gasteiger partial charge in [0.1, 0.15) is 6.29 Å². The Labute approximate surface area is 144 Å². The molecule has 0 radical (unpaired) electrons. The molecule has 23 heavy (non-hydrogen) atoms. The highest BCUT2D eigenvalue weighted by molar-refractivity contribution is 5.55. The SMILES string of the molecule is CCCCCCCCCC(NCCCN(C)C)C(C=O)COC. The lowest BCUT2D eigenvalue weighted by Crippen LogP contribution is -2.40. The summed E-state index contributed by atoms with van der Waals surface area (Å²) in [7, 11) is 5.86. The molecule has 0 heterocycles. The van der Waals surface area contributed by atoms with Crippen LogP contribution in [0.5, 0.6) is 0 Å². The maximum absolute atomic E-state index is 11.4. The number of methoxy groups -OCH3 is 1. The number of nitrogens with zero attached hydrogens (tertiary/aromatic N) is 1. The van der Waals surface area contributed by atoms with Crippen molar-refractivity contribution < 1.29 is 9.53 Å². The molecule has 4 nitrogen and oxygen atoms in total. The monoisotopic (exact) mass is 328 g/mol. The second kappa shape index (κ2) is 16.4. The Hall–Kier alpha value is -0.450. The minimum atomic E-state index is -0.0283. The normalized spacial score (nSPS) is 14.1. The highest BCUT2D eigenvalue weighted by atomic mass is 16.5. The molecule has 0 fully saturated rings. The van der Waals surface area contributed by atoms with Crippen molar-refractivity contribution in [1.82, 2.24) is 10.2 Å². The van der Waals surface area contributed by atoms with Gasteiger partial charge >= 0.3 is 0 Å². The molecule has 0 aliphatic carbocycles. The van der Waals surface area contributed by atoms with Gasteiger partial charge in [-0.3, -0.25) is 0 Å². The van der Waals surface area contributed by atoms with E-state index in [2.05, 4.69) is 31.2 Å². The number of hydrogen-bond donors (Lipinski definition) is 1. The molecule has 0 aromatic heterocycles. The summed E-state index contributed by atoms with van der Waals surface area (Å²) in [6.07, 6.45) is 12.4. The number of unbranched alkanes of at least 4 members (excludes halogenated alkanes) is 6. The number of carbonyl (C=O) groups excluding carboxylic acids is 1. The number of rotatable bonds is 17. The van der Waals surface area contributed by atoms with E-state index in [4.69, 9.17) is 4.74 Å². The molecule has 0 bridgehead atoms. The molecule has 0 rings (SSSR count). The van der Waals surface area contributed by atoms with Gasteiger partial charge in [0.2, 0.25) is 0 Å². The van der Waals surface area contributed by atoms with E-state index in [1.54, 1.807) is 7.11 Å². The Bertz CT molecular complexity index is 260. The van der Waals surface area contributed by atoms with E-state index in [1.165, 1.54) is 44.9 Å². The van der Waals surface area contributed by atoms with Crippen LogP contribution in [0.1, 0.15) is 64.7 Å². The predicted molar refractivity (Wildman–Crippen MR) is 99.0 cm³/mol. The summed E-state index contributed by atoms with van der Waals surface area (Å²) in [6, 6.07) is 0.255. The zero-order valence-electron chi connectivity index (χ0n) is 16.0. The van der Waals surface area contributed by atoms with Gasteiger partial charge in [0.15, 0.2) is 0 Å². The van der Waals surface area contributed by atoms with Crippen molar-refractivity contribution in [1.29, 1.82) is 0 Å². The van der Waals surface area contributed by atoms with Crippen LogP contribution in [0.2, 0.25) is 0 Å². The van der Waals surface area contributed by atoms with Crippen LogP contribution in [0.3, 0.4) is 0 Å². The fourth-order valence-corrected chi connectivity index (χ4v) is 2.91. The summed E-state index contributed by atoms with van der Waals surface area (Å²) in [5.41, 5.74) is 0. The summed E-state index contributed by atoms with van der Waals surface area (Å²) in [5.74, 6) is -0.0283. The van der Waals surface area contributed by atoms with Crippen LogP contribution >= 0.6 is 0 Å². The molecule has 4 heteroatoms. The van der Waals surface area contributed by atoms with E-state index in [1.807, 2.05) is 0 Å². The van der Waals surface area contributed by atoms with E-state index in [9.17, 15) is 4.79 Å². The van der Waals surface area contributed by atoms with Crippen LogP contribution in [-0.4, -0.2) is 58.1 Å². The molecule has 0 amide bonds. The zero-order chi connectivity index (χ0) is 17.3. The summed E-state index contributed by atoms with van der Waals surface area (Å²) in [6.45, 7) is 4.81. The third kappa shape index (κ3) is 13.7. The van der Waals surface area contributed by atoms with Crippen molar-refractivity contribution in [2.45, 2.75) is 70.8 Å². The van der Waals surface area contributed by atoms with Crippen molar-refractivity contribution in [3.05, 3.63) is 0 Å². The van der Waals surface area contributed by atoms with Crippen molar-refractivity contribution in [2.75, 3.05) is 40.9 Å². The van der Waals surface area contributed by atoms with Crippen LogP contribution in [0.15, 0.2) is 0 Å². The molecule has 0 aromatic carbocycles. The van der Waals surface area contributed by atoms with Gasteiger partial charge in [-0.2, -0.15) is 0 Å². The van der Waals surface area contributed by atoms with Gasteiger partial charge in [0.25, 0.3) is 0 Å². The number of carbonyl (C=O) groups is 1. The Balaban J connectivity index is 4.03. The Morgan fingerprint density at radius 2 is 1.70 bits per heavy atom. The van der Waals surface area contributed by atoms with Crippen molar-refractivity contribution >= 4 is 6.29 Å². The maximum Gasteiger partial charge on any atom is 0.126 e. The number of aldehydes is 1. The van der Waals surface area contributed by atoms with Crippen LogP contribution in [-0.2, 0) is 9.53 Å². The lowest BCUT2D eigenvalue weighted by atomic mass is 9.95. The van der Waals surface area contributed by atoms with Gasteiger partial charge in [-0.25, -0.2) is 0 Å². The standard InChI is InChI=1S/C19H40N2O2/c1-5-6-7-8-9-10-11-13-19(18(16-22)17-23-4)20-14-12-15-21(2)3/h16,18-20H,5-15,17H2,1-4H3.